The second kappa shape index (κ2) is 4.81. The van der Waals surface area contributed by atoms with Gasteiger partial charge in [-0.25, -0.2) is 30.7 Å². The quantitative estimate of drug-likeness (QED) is 0.403. The number of hydrogen-bond acceptors (Lipinski definition) is 0. The summed E-state index contributed by atoms with van der Waals surface area (Å²) < 4.78 is 118. The van der Waals surface area contributed by atoms with Crippen molar-refractivity contribution in [1.29, 1.82) is 0 Å². The molecule has 0 N–H and O–H groups in total. The lowest BCUT2D eigenvalue weighted by molar-refractivity contribution is -0.0116. The van der Waals surface area contributed by atoms with Gasteiger partial charge in [0.05, 0.1) is 5.56 Å². The van der Waals surface area contributed by atoms with Crippen molar-refractivity contribution < 1.29 is 39.5 Å². The molecule has 0 spiro atoms. The van der Waals surface area contributed by atoms with Crippen LogP contribution in [0.25, 0.3) is 5.57 Å². The van der Waals surface area contributed by atoms with Crippen molar-refractivity contribution in [1.82, 2.24) is 0 Å². The number of benzene rings is 1. The van der Waals surface area contributed by atoms with E-state index < -0.39 is 58.1 Å². The van der Waals surface area contributed by atoms with E-state index in [1.165, 1.54) is 0 Å². The van der Waals surface area contributed by atoms with Gasteiger partial charge in [0, 0.05) is 5.57 Å². The Morgan fingerprint density at radius 1 is 0.714 bits per heavy atom. The van der Waals surface area contributed by atoms with Gasteiger partial charge in [0.1, 0.15) is 5.83 Å². The molecule has 114 valence electrons. The van der Waals surface area contributed by atoms with Gasteiger partial charge in [0.25, 0.3) is 0 Å². The van der Waals surface area contributed by atoms with E-state index in [9.17, 15) is 39.5 Å². The zero-order valence-corrected chi connectivity index (χ0v) is 9.63. The van der Waals surface area contributed by atoms with Crippen molar-refractivity contribution in [2.75, 3.05) is 0 Å². The molecule has 0 aliphatic heterocycles. The second-order valence-electron chi connectivity index (χ2n) is 4.06. The van der Waals surface area contributed by atoms with E-state index >= 15 is 0 Å². The van der Waals surface area contributed by atoms with Crippen LogP contribution in [0.15, 0.2) is 18.0 Å². The van der Waals surface area contributed by atoms with E-state index in [0.717, 1.165) is 0 Å². The molecule has 1 aromatic rings. The van der Waals surface area contributed by atoms with Gasteiger partial charge in [-0.2, -0.15) is 8.78 Å². The first-order chi connectivity index (χ1) is 9.60. The molecule has 0 amide bonds. The lowest BCUT2D eigenvalue weighted by Crippen LogP contribution is -2.35. The van der Waals surface area contributed by atoms with E-state index in [0.29, 0.717) is 0 Å². The largest absolute Gasteiger partial charge is 0.311 e. The Bertz CT molecular complexity index is 643. The summed E-state index contributed by atoms with van der Waals surface area (Å²) in [5.41, 5.74) is -3.84. The topological polar surface area (TPSA) is 0 Å². The Labute approximate surface area is 111 Å². The third kappa shape index (κ3) is 2.11. The Balaban J connectivity index is 2.79. The highest BCUT2D eigenvalue weighted by atomic mass is 19.3. The number of allylic oxidation sites excluding steroid dienone is 4. The lowest BCUT2D eigenvalue weighted by Gasteiger charge is -2.26. The van der Waals surface area contributed by atoms with E-state index in [-0.39, 0.29) is 12.2 Å². The molecule has 1 unspecified atom stereocenters. The molecule has 1 aliphatic rings. The molecule has 2 rings (SSSR count). The first-order valence-electron chi connectivity index (χ1n) is 5.22. The Morgan fingerprint density at radius 3 is 1.62 bits per heavy atom. The van der Waals surface area contributed by atoms with Crippen molar-refractivity contribution in [2.24, 2.45) is 0 Å². The molecule has 0 heterocycles. The maximum Gasteiger partial charge on any atom is 0.311 e. The number of halogens is 9. The molecular formula is C12H3F9. The van der Waals surface area contributed by atoms with Crippen LogP contribution in [0.3, 0.4) is 0 Å². The predicted molar refractivity (Wildman–Crippen MR) is 53.2 cm³/mol. The average Bonchev–Trinajstić information content (AvgIpc) is 2.43. The molecule has 0 bridgehead atoms. The van der Waals surface area contributed by atoms with Crippen molar-refractivity contribution in [3.8, 4) is 0 Å². The van der Waals surface area contributed by atoms with Gasteiger partial charge in [0.2, 0.25) is 12.0 Å². The average molecular weight is 318 g/mol. The molecule has 0 aromatic heterocycles. The minimum Gasteiger partial charge on any atom is -0.233 e. The van der Waals surface area contributed by atoms with Crippen LogP contribution in [-0.4, -0.2) is 12.1 Å². The summed E-state index contributed by atoms with van der Waals surface area (Å²) in [6.07, 6.45) is -3.41. The van der Waals surface area contributed by atoms with Crippen molar-refractivity contribution in [2.45, 2.75) is 12.1 Å². The van der Waals surface area contributed by atoms with Gasteiger partial charge < -0.3 is 0 Å². The van der Waals surface area contributed by atoms with Crippen molar-refractivity contribution in [3.63, 3.8) is 0 Å². The second-order valence-corrected chi connectivity index (χ2v) is 4.06. The molecule has 1 aromatic carbocycles. The summed E-state index contributed by atoms with van der Waals surface area (Å²) in [6, 6.07) is 0. The first kappa shape index (κ1) is 15.5. The number of alkyl halides is 3. The van der Waals surface area contributed by atoms with Gasteiger partial charge >= 0.3 is 5.92 Å². The summed E-state index contributed by atoms with van der Waals surface area (Å²) >= 11 is 0. The van der Waals surface area contributed by atoms with Gasteiger partial charge in [-0.1, -0.05) is 0 Å². The van der Waals surface area contributed by atoms with E-state index in [4.69, 9.17) is 0 Å². The maximum absolute atomic E-state index is 13.5. The highest BCUT2D eigenvalue weighted by molar-refractivity contribution is 5.75. The summed E-state index contributed by atoms with van der Waals surface area (Å²) in [6.45, 7) is 0. The standard InChI is InChI=1S/C12H3F9/c13-4-2-1-3(12(20,21)11(4)19)5-6(14)8(16)10(18)9(17)7(5)15/h1-2,11H. The van der Waals surface area contributed by atoms with E-state index in [2.05, 4.69) is 0 Å². The molecule has 0 radical (unpaired) electrons. The first-order valence-corrected chi connectivity index (χ1v) is 5.22. The fraction of sp³-hybridized carbons (Fsp3) is 0.167. The predicted octanol–water partition coefficient (Wildman–Crippen LogP) is 4.61. The molecule has 0 saturated heterocycles. The lowest BCUT2D eigenvalue weighted by atomic mass is 9.91. The zero-order valence-electron chi connectivity index (χ0n) is 9.63. The zero-order chi connectivity index (χ0) is 16.1. The number of rotatable bonds is 1. The van der Waals surface area contributed by atoms with Gasteiger partial charge in [-0.3, -0.25) is 0 Å². The minimum atomic E-state index is -4.79. The highest BCUT2D eigenvalue weighted by Gasteiger charge is 2.51. The smallest absolute Gasteiger partial charge is 0.233 e. The third-order valence-corrected chi connectivity index (χ3v) is 2.81. The van der Waals surface area contributed by atoms with Gasteiger partial charge in [0.15, 0.2) is 23.3 Å². The van der Waals surface area contributed by atoms with Gasteiger partial charge in [-0.15, -0.1) is 0 Å². The van der Waals surface area contributed by atoms with E-state index in [1.54, 1.807) is 0 Å². The normalized spacial score (nSPS) is 21.1. The summed E-state index contributed by atoms with van der Waals surface area (Å²) in [5.74, 6) is -19.3. The molecule has 0 nitrogen and oxygen atoms in total. The SMILES string of the molecule is FC1=CC=C(c2c(F)c(F)c(F)c(F)c2F)C(F)(F)C1F. The Morgan fingerprint density at radius 2 is 1.14 bits per heavy atom. The van der Waals surface area contributed by atoms with Gasteiger partial charge in [-0.05, 0) is 12.2 Å². The van der Waals surface area contributed by atoms with Crippen molar-refractivity contribution >= 4 is 5.57 Å². The molecule has 0 saturated carbocycles. The molecule has 1 atom stereocenters. The highest BCUT2D eigenvalue weighted by Crippen LogP contribution is 2.45. The van der Waals surface area contributed by atoms with Crippen LogP contribution in [0.4, 0.5) is 39.5 Å². The fourth-order valence-electron chi connectivity index (χ4n) is 1.76. The van der Waals surface area contributed by atoms with Crippen molar-refractivity contribution in [3.05, 3.63) is 52.6 Å². The van der Waals surface area contributed by atoms with Crippen LogP contribution in [-0.2, 0) is 0 Å². The Kier molecular flexibility index (Phi) is 3.54. The Hall–Kier alpha value is -1.93. The monoisotopic (exact) mass is 318 g/mol. The van der Waals surface area contributed by atoms with Crippen LogP contribution in [0.2, 0.25) is 0 Å². The minimum absolute atomic E-state index is 0.0592. The summed E-state index contributed by atoms with van der Waals surface area (Å²) in [7, 11) is 0. The fourth-order valence-corrected chi connectivity index (χ4v) is 1.76. The molecule has 1 aliphatic carbocycles. The van der Waals surface area contributed by atoms with Crippen LogP contribution in [0.5, 0.6) is 0 Å². The van der Waals surface area contributed by atoms with Crippen LogP contribution >= 0.6 is 0 Å². The summed E-state index contributed by atoms with van der Waals surface area (Å²) in [5, 5.41) is 0. The summed E-state index contributed by atoms with van der Waals surface area (Å²) in [4.78, 5) is 0. The van der Waals surface area contributed by atoms with Crippen LogP contribution < -0.4 is 0 Å². The molecular weight excluding hydrogens is 315 g/mol. The maximum atomic E-state index is 13.5. The number of hydrogen-bond donors (Lipinski definition) is 0. The molecule has 21 heavy (non-hydrogen) atoms. The van der Waals surface area contributed by atoms with E-state index in [1.807, 2.05) is 0 Å². The van der Waals surface area contributed by atoms with Crippen LogP contribution in [0.1, 0.15) is 5.56 Å². The molecule has 0 fully saturated rings. The third-order valence-electron chi connectivity index (χ3n) is 2.81. The van der Waals surface area contributed by atoms with Crippen LogP contribution in [0, 0.1) is 29.1 Å². The molecule has 9 heteroatoms.